The van der Waals surface area contributed by atoms with Crippen LogP contribution in [-0.4, -0.2) is 118 Å². The lowest BCUT2D eigenvalue weighted by molar-refractivity contribution is -0.143. The number of nitrogens with zero attached hydrogens (tertiary/aromatic N) is 6. The summed E-state index contributed by atoms with van der Waals surface area (Å²) in [6, 6.07) is 19.8. The van der Waals surface area contributed by atoms with Gasteiger partial charge in [0.15, 0.2) is 11.9 Å². The van der Waals surface area contributed by atoms with Crippen molar-refractivity contribution in [2.24, 2.45) is 0 Å². The van der Waals surface area contributed by atoms with Gasteiger partial charge in [-0.3, -0.25) is 44.2 Å². The zero-order valence-electron chi connectivity index (χ0n) is 33.5. The Morgan fingerprint density at radius 3 is 2.38 bits per heavy atom. The lowest BCUT2D eigenvalue weighted by atomic mass is 10.0. The first kappa shape index (κ1) is 39.5. The number of nitrogens with one attached hydrogen (secondary N) is 3. The average Bonchev–Trinajstić information content (AvgIpc) is 3.95. The largest absolute Gasteiger partial charge is 0.371 e. The lowest BCUT2D eigenvalue weighted by Crippen LogP contribution is -2.53. The van der Waals surface area contributed by atoms with E-state index in [2.05, 4.69) is 35.5 Å². The van der Waals surface area contributed by atoms with E-state index in [1.165, 1.54) is 18.1 Å². The van der Waals surface area contributed by atoms with Gasteiger partial charge < -0.3 is 24.8 Å². The first-order chi connectivity index (χ1) is 29.1. The molecule has 3 saturated heterocycles. The number of anilines is 2. The van der Waals surface area contributed by atoms with Crippen molar-refractivity contribution in [1.82, 2.24) is 35.1 Å². The second-order valence-corrected chi connectivity index (χ2v) is 16.3. The highest BCUT2D eigenvalue weighted by Gasteiger charge is 2.40. The number of amides is 5. The number of piperidine rings is 2. The second kappa shape index (κ2) is 16.6. The summed E-state index contributed by atoms with van der Waals surface area (Å²) in [5.41, 5.74) is 5.48. The molecule has 3 aromatic carbocycles. The van der Waals surface area contributed by atoms with E-state index in [0.29, 0.717) is 48.2 Å². The molecule has 5 aliphatic heterocycles. The Bertz CT molecular complexity index is 2300. The number of carbonyl (C=O) groups excluding carboxylic acids is 5. The summed E-state index contributed by atoms with van der Waals surface area (Å²) in [5.74, 6) is -1.62. The lowest BCUT2D eigenvalue weighted by Gasteiger charge is -2.43. The summed E-state index contributed by atoms with van der Waals surface area (Å²) in [5, 5.41) is 12.6. The third-order valence-electron chi connectivity index (χ3n) is 12.7. The minimum atomic E-state index is -0.728. The van der Waals surface area contributed by atoms with Crippen molar-refractivity contribution in [3.05, 3.63) is 112 Å². The number of hydrogen-bond donors (Lipinski definition) is 3. The first-order valence-corrected chi connectivity index (χ1v) is 20.6. The Hall–Kier alpha value is -5.97. The SMILES string of the molecule is COC(C(=O)N1Cc2[nH]nc(NC(=O)c3ccc(N4CCC(N5CCN(Cc6cc7c(cc6F)C(=O)N(C6CCC(=O)NC6=O)C7)CC5)CC4)cc3)c2C1)c1ccccc1. The fraction of sp³-hybridized carbons (Fsp3) is 0.409. The Balaban J connectivity index is 0.730. The van der Waals surface area contributed by atoms with Gasteiger partial charge in [-0.15, -0.1) is 0 Å². The summed E-state index contributed by atoms with van der Waals surface area (Å²) in [6.07, 6.45) is 1.75. The van der Waals surface area contributed by atoms with E-state index in [1.807, 2.05) is 54.6 Å². The van der Waals surface area contributed by atoms with E-state index >= 15 is 4.39 Å². The van der Waals surface area contributed by atoms with Crippen LogP contribution in [0.2, 0.25) is 0 Å². The smallest absolute Gasteiger partial charge is 0.256 e. The topological polar surface area (TPSA) is 164 Å². The molecule has 3 N–H and O–H groups in total. The molecule has 0 radical (unpaired) electrons. The van der Waals surface area contributed by atoms with Crippen molar-refractivity contribution in [3.63, 3.8) is 0 Å². The van der Waals surface area contributed by atoms with Crippen molar-refractivity contribution in [1.29, 1.82) is 0 Å². The van der Waals surface area contributed by atoms with Gasteiger partial charge in [-0.25, -0.2) is 4.39 Å². The van der Waals surface area contributed by atoms with E-state index in [4.69, 9.17) is 4.74 Å². The van der Waals surface area contributed by atoms with Gasteiger partial charge in [-0.2, -0.15) is 5.10 Å². The maximum atomic E-state index is 15.3. The van der Waals surface area contributed by atoms with Crippen LogP contribution < -0.4 is 15.5 Å². The summed E-state index contributed by atoms with van der Waals surface area (Å²) < 4.78 is 20.9. The van der Waals surface area contributed by atoms with Crippen molar-refractivity contribution in [3.8, 4) is 0 Å². The number of ether oxygens (including phenoxy) is 1. The van der Waals surface area contributed by atoms with Gasteiger partial charge in [0.05, 0.1) is 18.8 Å². The number of fused-ring (bicyclic) bond motifs is 2. The van der Waals surface area contributed by atoms with Crippen molar-refractivity contribution >= 4 is 41.0 Å². The number of hydrogen-bond acceptors (Lipinski definition) is 10. The third kappa shape index (κ3) is 7.77. The molecule has 0 bridgehead atoms. The monoisotopic (exact) mass is 817 g/mol. The molecule has 2 atom stereocenters. The maximum Gasteiger partial charge on any atom is 0.256 e. The predicted octanol–water partition coefficient (Wildman–Crippen LogP) is 3.58. The van der Waals surface area contributed by atoms with Crippen LogP contribution in [0, 0.1) is 5.82 Å². The zero-order chi connectivity index (χ0) is 41.5. The van der Waals surface area contributed by atoms with Crippen molar-refractivity contribution < 1.29 is 33.1 Å². The number of aromatic nitrogens is 2. The minimum Gasteiger partial charge on any atom is -0.371 e. The fourth-order valence-electron chi connectivity index (χ4n) is 9.35. The molecule has 0 aliphatic carbocycles. The number of H-pyrrole nitrogens is 1. The average molecular weight is 818 g/mol. The van der Waals surface area contributed by atoms with Crippen LogP contribution in [0.1, 0.15) is 80.5 Å². The highest BCUT2D eigenvalue weighted by atomic mass is 19.1. The number of methoxy groups -OCH3 is 1. The number of piperazine rings is 1. The van der Waals surface area contributed by atoms with Gasteiger partial charge in [-0.1, -0.05) is 30.3 Å². The molecule has 5 amide bonds. The zero-order valence-corrected chi connectivity index (χ0v) is 33.5. The van der Waals surface area contributed by atoms with Crippen LogP contribution in [0.5, 0.6) is 0 Å². The Labute approximate surface area is 346 Å². The molecule has 5 aliphatic rings. The minimum absolute atomic E-state index is 0.155. The molecule has 4 aromatic rings. The van der Waals surface area contributed by atoms with Gasteiger partial charge >= 0.3 is 0 Å². The highest BCUT2D eigenvalue weighted by molar-refractivity contribution is 6.06. The van der Waals surface area contributed by atoms with E-state index < -0.39 is 23.9 Å². The summed E-state index contributed by atoms with van der Waals surface area (Å²) in [4.78, 5) is 74.1. The highest BCUT2D eigenvalue weighted by Crippen LogP contribution is 2.33. The van der Waals surface area contributed by atoms with Crippen LogP contribution in [0.3, 0.4) is 0 Å². The molecule has 9 rings (SSSR count). The number of aromatic amines is 1. The summed E-state index contributed by atoms with van der Waals surface area (Å²) in [7, 11) is 1.52. The number of imide groups is 1. The molecule has 2 unspecified atom stereocenters. The summed E-state index contributed by atoms with van der Waals surface area (Å²) >= 11 is 0. The number of benzene rings is 3. The van der Waals surface area contributed by atoms with E-state index in [1.54, 1.807) is 11.0 Å². The normalized spacial score (nSPS) is 20.6. The Morgan fingerprint density at radius 2 is 1.67 bits per heavy atom. The van der Waals surface area contributed by atoms with Gasteiger partial charge in [0.25, 0.3) is 17.7 Å². The molecular weight excluding hydrogens is 770 g/mol. The Kier molecular flexibility index (Phi) is 10.9. The van der Waals surface area contributed by atoms with Gasteiger partial charge in [0.1, 0.15) is 11.9 Å². The van der Waals surface area contributed by atoms with Crippen LogP contribution >= 0.6 is 0 Å². The Morgan fingerprint density at radius 1 is 0.917 bits per heavy atom. The summed E-state index contributed by atoms with van der Waals surface area (Å²) in [6.45, 7) is 6.52. The van der Waals surface area contributed by atoms with Crippen LogP contribution in [0.25, 0.3) is 0 Å². The predicted molar refractivity (Wildman–Crippen MR) is 218 cm³/mol. The third-order valence-corrected chi connectivity index (χ3v) is 12.7. The van der Waals surface area contributed by atoms with Gasteiger partial charge in [-0.05, 0) is 66.8 Å². The fourth-order valence-corrected chi connectivity index (χ4v) is 9.35. The maximum absolute atomic E-state index is 15.3. The van der Waals surface area contributed by atoms with Gasteiger partial charge in [0, 0.05) is 99.9 Å². The number of carbonyl (C=O) groups is 5. The van der Waals surface area contributed by atoms with E-state index in [9.17, 15) is 24.0 Å². The van der Waals surface area contributed by atoms with E-state index in [-0.39, 0.29) is 48.6 Å². The second-order valence-electron chi connectivity index (χ2n) is 16.3. The molecule has 1 aromatic heterocycles. The molecule has 60 heavy (non-hydrogen) atoms. The van der Waals surface area contributed by atoms with Gasteiger partial charge in [0.2, 0.25) is 11.8 Å². The molecule has 16 heteroatoms. The standard InChI is InChI=1S/C44H48FN9O6/c1-60-39(27-5-3-2-4-6-27)44(59)53-25-34-36(26-53)48-49-40(34)47-41(56)28-7-9-31(10-8-28)51-15-13-32(14-16-51)52-19-17-50(18-20-52)23-30-21-29-24-54(43(58)33(29)22-35(30)45)37-11-12-38(55)46-42(37)57/h2-10,21-22,32,37,39H,11-20,23-26H2,1H3,(H,46,55,57)(H2,47,48,49,56). The van der Waals surface area contributed by atoms with Crippen LogP contribution in [-0.2, 0) is 45.3 Å². The quantitative estimate of drug-likeness (QED) is 0.202. The molecular formula is C44H48FN9O6. The molecule has 0 spiro atoms. The van der Waals surface area contributed by atoms with Crippen molar-refractivity contribution in [2.75, 3.05) is 56.6 Å². The molecule has 15 nitrogen and oxygen atoms in total. The molecule has 6 heterocycles. The number of rotatable bonds is 10. The first-order valence-electron chi connectivity index (χ1n) is 20.6. The van der Waals surface area contributed by atoms with E-state index in [0.717, 1.165) is 74.6 Å². The van der Waals surface area contributed by atoms with Crippen molar-refractivity contribution in [2.45, 2.75) is 70.0 Å². The molecule has 3 fully saturated rings. The number of halogens is 1. The molecule has 312 valence electrons. The van der Waals surface area contributed by atoms with Crippen LogP contribution in [0.4, 0.5) is 15.9 Å². The molecule has 0 saturated carbocycles. The van der Waals surface area contributed by atoms with Crippen LogP contribution in [0.15, 0.2) is 66.7 Å².